The number of nitrogens with two attached hydrogens (primary N) is 1. The number of aromatic nitrogens is 3. The zero-order valence-electron chi connectivity index (χ0n) is 7.84. The Bertz CT molecular complexity index is 320. The topological polar surface area (TPSA) is 94.0 Å². The number of carboxylic acid groups (broad SMARTS) is 1. The largest absolute Gasteiger partial charge is 0.480 e. The van der Waals surface area contributed by atoms with Crippen LogP contribution in [0, 0.1) is 0 Å². The summed E-state index contributed by atoms with van der Waals surface area (Å²) >= 11 is 0. The Balaban J connectivity index is 0.00000196. The normalized spacial score (nSPS) is 11.9. The van der Waals surface area contributed by atoms with E-state index in [0.717, 1.165) is 0 Å². The van der Waals surface area contributed by atoms with Gasteiger partial charge in [-0.1, -0.05) is 5.21 Å². The fourth-order valence-electron chi connectivity index (χ4n) is 0.941. The second-order valence-electron chi connectivity index (χ2n) is 2.81. The molecule has 0 aliphatic heterocycles. The molecule has 0 spiro atoms. The first-order valence-corrected chi connectivity index (χ1v) is 4.07. The number of halogens is 2. The van der Waals surface area contributed by atoms with Gasteiger partial charge in [-0.15, -0.1) is 17.5 Å². The molecule has 0 saturated heterocycles. The molecule has 1 aromatic heterocycles. The number of alkyl halides is 1. The van der Waals surface area contributed by atoms with Crippen LogP contribution in [-0.4, -0.2) is 38.8 Å². The van der Waals surface area contributed by atoms with Crippen molar-refractivity contribution in [1.29, 1.82) is 0 Å². The van der Waals surface area contributed by atoms with E-state index in [1.807, 2.05) is 0 Å². The standard InChI is InChI=1S/C7H11FN4O2.ClH/c8-1-2-12-4-5(10-11-12)3-6(9)7(13)14;/h4,6H,1-3,9H2,(H,13,14);1H/t6-;/m0./s1. The van der Waals surface area contributed by atoms with Crippen LogP contribution in [0.15, 0.2) is 6.20 Å². The Morgan fingerprint density at radius 2 is 2.40 bits per heavy atom. The molecule has 15 heavy (non-hydrogen) atoms. The lowest BCUT2D eigenvalue weighted by molar-refractivity contribution is -0.138. The molecule has 0 aliphatic rings. The number of carbonyl (C=O) groups is 1. The third-order valence-corrected chi connectivity index (χ3v) is 1.65. The van der Waals surface area contributed by atoms with Gasteiger partial charge < -0.3 is 10.8 Å². The zero-order valence-corrected chi connectivity index (χ0v) is 8.65. The molecule has 1 heterocycles. The highest BCUT2D eigenvalue weighted by molar-refractivity contribution is 5.85. The molecule has 0 saturated carbocycles. The molecule has 0 fully saturated rings. The number of aryl methyl sites for hydroxylation is 1. The summed E-state index contributed by atoms with van der Waals surface area (Å²) in [7, 11) is 0. The molecule has 0 amide bonds. The van der Waals surface area contributed by atoms with Crippen LogP contribution < -0.4 is 5.73 Å². The lowest BCUT2D eigenvalue weighted by atomic mass is 10.2. The quantitative estimate of drug-likeness (QED) is 0.730. The maximum Gasteiger partial charge on any atom is 0.320 e. The Hall–Kier alpha value is -1.21. The van der Waals surface area contributed by atoms with Gasteiger partial charge in [0, 0.05) is 12.6 Å². The van der Waals surface area contributed by atoms with Crippen molar-refractivity contribution in [2.45, 2.75) is 19.0 Å². The van der Waals surface area contributed by atoms with Gasteiger partial charge in [-0.05, 0) is 0 Å². The molecule has 1 aromatic rings. The predicted molar refractivity (Wildman–Crippen MR) is 52.6 cm³/mol. The van der Waals surface area contributed by atoms with Gasteiger partial charge in [0.2, 0.25) is 0 Å². The van der Waals surface area contributed by atoms with Crippen LogP contribution in [0.3, 0.4) is 0 Å². The predicted octanol–water partition coefficient (Wildman–Crippen LogP) is -0.376. The van der Waals surface area contributed by atoms with Gasteiger partial charge in [0.05, 0.1) is 12.2 Å². The highest BCUT2D eigenvalue weighted by Crippen LogP contribution is 1.97. The van der Waals surface area contributed by atoms with E-state index in [2.05, 4.69) is 10.3 Å². The van der Waals surface area contributed by atoms with E-state index in [-0.39, 0.29) is 25.4 Å². The van der Waals surface area contributed by atoms with Gasteiger partial charge in [-0.25, -0.2) is 9.07 Å². The molecular formula is C7H12ClFN4O2. The molecule has 0 aliphatic carbocycles. The van der Waals surface area contributed by atoms with Crippen molar-refractivity contribution in [3.63, 3.8) is 0 Å². The molecule has 0 aromatic carbocycles. The van der Waals surface area contributed by atoms with Crippen LogP contribution in [0.4, 0.5) is 4.39 Å². The average molecular weight is 239 g/mol. The minimum atomic E-state index is -1.09. The summed E-state index contributed by atoms with van der Waals surface area (Å²) in [4.78, 5) is 10.4. The number of aliphatic carboxylic acids is 1. The number of hydrogen-bond donors (Lipinski definition) is 2. The van der Waals surface area contributed by atoms with Crippen LogP contribution in [0.25, 0.3) is 0 Å². The van der Waals surface area contributed by atoms with E-state index >= 15 is 0 Å². The van der Waals surface area contributed by atoms with Crippen molar-refractivity contribution in [1.82, 2.24) is 15.0 Å². The zero-order chi connectivity index (χ0) is 10.6. The second-order valence-corrected chi connectivity index (χ2v) is 2.81. The van der Waals surface area contributed by atoms with Crippen molar-refractivity contribution in [3.05, 3.63) is 11.9 Å². The van der Waals surface area contributed by atoms with Crippen LogP contribution in [0.2, 0.25) is 0 Å². The number of hydrogen-bond acceptors (Lipinski definition) is 4. The fourth-order valence-corrected chi connectivity index (χ4v) is 0.941. The van der Waals surface area contributed by atoms with Crippen LogP contribution in [0.5, 0.6) is 0 Å². The van der Waals surface area contributed by atoms with Crippen molar-refractivity contribution in [2.24, 2.45) is 5.73 Å². The first kappa shape index (κ1) is 13.8. The Morgan fingerprint density at radius 1 is 1.73 bits per heavy atom. The summed E-state index contributed by atoms with van der Waals surface area (Å²) in [6.07, 6.45) is 1.59. The second kappa shape index (κ2) is 6.31. The minimum absolute atomic E-state index is 0. The first-order chi connectivity index (χ1) is 6.63. The van der Waals surface area contributed by atoms with E-state index < -0.39 is 18.7 Å². The summed E-state index contributed by atoms with van der Waals surface area (Å²) in [5.41, 5.74) is 5.73. The number of nitrogens with zero attached hydrogens (tertiary/aromatic N) is 3. The van der Waals surface area contributed by atoms with Gasteiger partial charge in [0.1, 0.15) is 12.7 Å². The highest BCUT2D eigenvalue weighted by Gasteiger charge is 2.14. The monoisotopic (exact) mass is 238 g/mol. The van der Waals surface area contributed by atoms with Gasteiger partial charge in [0.25, 0.3) is 0 Å². The summed E-state index contributed by atoms with van der Waals surface area (Å²) in [5, 5.41) is 15.8. The summed E-state index contributed by atoms with van der Waals surface area (Å²) in [6, 6.07) is -0.995. The fraction of sp³-hybridized carbons (Fsp3) is 0.571. The maximum absolute atomic E-state index is 11.9. The molecule has 86 valence electrons. The van der Waals surface area contributed by atoms with E-state index in [4.69, 9.17) is 10.8 Å². The maximum atomic E-state index is 11.9. The smallest absolute Gasteiger partial charge is 0.320 e. The third kappa shape index (κ3) is 4.22. The Labute approximate surface area is 91.7 Å². The SMILES string of the molecule is Cl.N[C@@H](Cc1cn(CCF)nn1)C(=O)O. The van der Waals surface area contributed by atoms with Gasteiger partial charge >= 0.3 is 5.97 Å². The van der Waals surface area contributed by atoms with Crippen molar-refractivity contribution >= 4 is 18.4 Å². The highest BCUT2D eigenvalue weighted by atomic mass is 35.5. The number of carboxylic acids is 1. The molecule has 0 unspecified atom stereocenters. The molecular weight excluding hydrogens is 227 g/mol. The van der Waals surface area contributed by atoms with Gasteiger partial charge in [-0.3, -0.25) is 4.79 Å². The van der Waals surface area contributed by atoms with Gasteiger partial charge in [0.15, 0.2) is 0 Å². The lowest BCUT2D eigenvalue weighted by Crippen LogP contribution is -2.32. The van der Waals surface area contributed by atoms with Crippen LogP contribution in [0.1, 0.15) is 5.69 Å². The molecule has 6 nitrogen and oxygen atoms in total. The van der Waals surface area contributed by atoms with E-state index in [1.165, 1.54) is 10.9 Å². The van der Waals surface area contributed by atoms with E-state index in [1.54, 1.807) is 0 Å². The molecule has 3 N–H and O–H groups in total. The molecule has 0 bridgehead atoms. The summed E-state index contributed by atoms with van der Waals surface area (Å²) in [6.45, 7) is -0.414. The van der Waals surface area contributed by atoms with Crippen molar-refractivity contribution in [2.75, 3.05) is 6.67 Å². The summed E-state index contributed by atoms with van der Waals surface area (Å²) < 4.78 is 13.2. The lowest BCUT2D eigenvalue weighted by Gasteiger charge is -2.01. The van der Waals surface area contributed by atoms with Crippen LogP contribution >= 0.6 is 12.4 Å². The van der Waals surface area contributed by atoms with E-state index in [0.29, 0.717) is 5.69 Å². The molecule has 1 atom stereocenters. The molecule has 0 radical (unpaired) electrons. The van der Waals surface area contributed by atoms with Crippen molar-refractivity contribution in [3.8, 4) is 0 Å². The number of rotatable bonds is 5. The molecule has 1 rings (SSSR count). The first-order valence-electron chi connectivity index (χ1n) is 4.07. The third-order valence-electron chi connectivity index (χ3n) is 1.65. The Kier molecular flexibility index (Phi) is 5.80. The summed E-state index contributed by atoms with van der Waals surface area (Å²) in [5.74, 6) is -1.09. The molecule has 8 heteroatoms. The van der Waals surface area contributed by atoms with Crippen molar-refractivity contribution < 1.29 is 14.3 Å². The van der Waals surface area contributed by atoms with E-state index in [9.17, 15) is 9.18 Å². The Morgan fingerprint density at radius 3 is 2.93 bits per heavy atom. The average Bonchev–Trinajstić information content (AvgIpc) is 2.53. The van der Waals surface area contributed by atoms with Crippen LogP contribution in [-0.2, 0) is 17.8 Å². The van der Waals surface area contributed by atoms with Gasteiger partial charge in [-0.2, -0.15) is 0 Å². The minimum Gasteiger partial charge on any atom is -0.480 e.